The Kier molecular flexibility index (Phi) is 3.47. The number of carbonyl (C=O) groups is 3. The summed E-state index contributed by atoms with van der Waals surface area (Å²) in [5.74, 6) is -1.88. The van der Waals surface area contributed by atoms with Gasteiger partial charge >= 0.3 is 5.76 Å². The maximum Gasteiger partial charge on any atom is 0.420 e. The number of imide groups is 1. The monoisotopic (exact) mass is 351 g/mol. The van der Waals surface area contributed by atoms with Gasteiger partial charge in [0.25, 0.3) is 11.8 Å². The highest BCUT2D eigenvalue weighted by Crippen LogP contribution is 2.24. The van der Waals surface area contributed by atoms with E-state index in [1.807, 2.05) is 0 Å². The van der Waals surface area contributed by atoms with Gasteiger partial charge in [-0.15, -0.1) is 0 Å². The number of anilines is 1. The molecule has 0 aliphatic carbocycles. The van der Waals surface area contributed by atoms with Gasteiger partial charge in [0.1, 0.15) is 6.54 Å². The lowest BCUT2D eigenvalue weighted by molar-refractivity contribution is -0.116. The summed E-state index contributed by atoms with van der Waals surface area (Å²) in [7, 11) is 1.40. The number of hydrogen-bond donors (Lipinski definition) is 1. The molecular formula is C18H13N3O5. The van der Waals surface area contributed by atoms with Crippen LogP contribution in [0.3, 0.4) is 0 Å². The molecule has 1 N–H and O–H groups in total. The molecule has 0 radical (unpaired) electrons. The quantitative estimate of drug-likeness (QED) is 0.720. The normalized spacial score (nSPS) is 13.3. The van der Waals surface area contributed by atoms with Crippen molar-refractivity contribution in [2.75, 3.05) is 12.4 Å². The van der Waals surface area contributed by atoms with Gasteiger partial charge in [-0.2, -0.15) is 0 Å². The minimum absolute atomic E-state index is 0.236. The van der Waals surface area contributed by atoms with Gasteiger partial charge in [0, 0.05) is 12.7 Å². The van der Waals surface area contributed by atoms with Crippen LogP contribution < -0.4 is 11.1 Å². The lowest BCUT2D eigenvalue weighted by Crippen LogP contribution is -2.25. The Labute approximate surface area is 146 Å². The SMILES string of the molecule is CN1C(=O)c2ccc(NC(=O)Cn3c(=O)oc4ccccc43)cc2C1=O. The molecule has 0 bridgehead atoms. The second-order valence-corrected chi connectivity index (χ2v) is 5.90. The van der Waals surface area contributed by atoms with Gasteiger partial charge in [0.15, 0.2) is 5.58 Å². The van der Waals surface area contributed by atoms with E-state index < -0.39 is 17.6 Å². The average molecular weight is 351 g/mol. The molecule has 8 nitrogen and oxygen atoms in total. The Balaban J connectivity index is 1.58. The van der Waals surface area contributed by atoms with E-state index in [4.69, 9.17) is 4.42 Å². The zero-order chi connectivity index (χ0) is 18.4. The maximum atomic E-state index is 12.3. The van der Waals surface area contributed by atoms with Crippen LogP contribution in [0.15, 0.2) is 51.7 Å². The van der Waals surface area contributed by atoms with E-state index >= 15 is 0 Å². The first-order valence-electron chi connectivity index (χ1n) is 7.80. The molecule has 4 rings (SSSR count). The molecule has 130 valence electrons. The lowest BCUT2D eigenvalue weighted by Gasteiger charge is -2.07. The molecule has 1 aliphatic rings. The van der Waals surface area contributed by atoms with Crippen LogP contribution in [-0.2, 0) is 11.3 Å². The third kappa shape index (κ3) is 2.39. The number of rotatable bonds is 3. The van der Waals surface area contributed by atoms with Crippen molar-refractivity contribution in [1.29, 1.82) is 0 Å². The van der Waals surface area contributed by atoms with Gasteiger partial charge in [-0.25, -0.2) is 4.79 Å². The van der Waals surface area contributed by atoms with Gasteiger partial charge in [0.05, 0.1) is 16.6 Å². The molecule has 0 saturated carbocycles. The summed E-state index contributed by atoms with van der Waals surface area (Å²) in [6, 6.07) is 11.3. The fourth-order valence-electron chi connectivity index (χ4n) is 2.95. The molecule has 3 aromatic rings. The number of carbonyl (C=O) groups excluding carboxylic acids is 3. The fraction of sp³-hybridized carbons (Fsp3) is 0.111. The molecule has 0 spiro atoms. The largest absolute Gasteiger partial charge is 0.420 e. The Bertz CT molecular complexity index is 1140. The Morgan fingerprint density at radius 1 is 1.04 bits per heavy atom. The Hall–Kier alpha value is -3.68. The van der Waals surface area contributed by atoms with E-state index in [-0.39, 0.29) is 18.0 Å². The van der Waals surface area contributed by atoms with Crippen LogP contribution in [0.4, 0.5) is 5.69 Å². The minimum atomic E-state index is -0.627. The summed E-state index contributed by atoms with van der Waals surface area (Å²) >= 11 is 0. The predicted molar refractivity (Wildman–Crippen MR) is 92.0 cm³/mol. The van der Waals surface area contributed by atoms with Crippen LogP contribution in [0.1, 0.15) is 20.7 Å². The van der Waals surface area contributed by atoms with Gasteiger partial charge in [-0.1, -0.05) is 12.1 Å². The lowest BCUT2D eigenvalue weighted by atomic mass is 10.1. The van der Waals surface area contributed by atoms with Gasteiger partial charge in [0.2, 0.25) is 5.91 Å². The number of nitrogens with one attached hydrogen (secondary N) is 1. The van der Waals surface area contributed by atoms with Crippen LogP contribution in [0.2, 0.25) is 0 Å². The third-order valence-electron chi connectivity index (χ3n) is 4.25. The molecule has 3 amide bonds. The number of aromatic nitrogens is 1. The van der Waals surface area contributed by atoms with Gasteiger partial charge < -0.3 is 9.73 Å². The molecule has 0 fully saturated rings. The molecular weight excluding hydrogens is 338 g/mol. The summed E-state index contributed by atoms with van der Waals surface area (Å²) in [6.07, 6.45) is 0. The highest BCUT2D eigenvalue weighted by atomic mass is 16.4. The Morgan fingerprint density at radius 2 is 1.77 bits per heavy atom. The molecule has 8 heteroatoms. The number of hydrogen-bond acceptors (Lipinski definition) is 5. The molecule has 1 aliphatic heterocycles. The second kappa shape index (κ2) is 5.69. The summed E-state index contributed by atoms with van der Waals surface area (Å²) in [6.45, 7) is -0.236. The average Bonchev–Trinajstić information content (AvgIpc) is 3.05. The topological polar surface area (TPSA) is 102 Å². The van der Waals surface area contributed by atoms with Crippen molar-refractivity contribution in [2.24, 2.45) is 0 Å². The highest BCUT2D eigenvalue weighted by molar-refractivity contribution is 6.21. The Morgan fingerprint density at radius 3 is 2.58 bits per heavy atom. The van der Waals surface area contributed by atoms with Gasteiger partial charge in [-0.3, -0.25) is 23.9 Å². The number of nitrogens with zero attached hydrogens (tertiary/aromatic N) is 2. The smallest absolute Gasteiger partial charge is 0.408 e. The first-order valence-corrected chi connectivity index (χ1v) is 7.80. The standard InChI is InChI=1S/C18H13N3O5/c1-20-16(23)11-7-6-10(8-12(11)17(20)24)19-15(22)9-21-13-4-2-3-5-14(13)26-18(21)25/h2-8H,9H2,1H3,(H,19,22). The number of amides is 3. The van der Waals surface area contributed by atoms with Crippen molar-refractivity contribution in [1.82, 2.24) is 9.47 Å². The van der Waals surface area contributed by atoms with E-state index in [0.29, 0.717) is 22.4 Å². The first-order chi connectivity index (χ1) is 12.5. The minimum Gasteiger partial charge on any atom is -0.408 e. The van der Waals surface area contributed by atoms with Crippen LogP contribution >= 0.6 is 0 Å². The molecule has 26 heavy (non-hydrogen) atoms. The molecule has 1 aromatic heterocycles. The number of para-hydroxylation sites is 2. The summed E-state index contributed by atoms with van der Waals surface area (Å²) in [5, 5.41) is 2.63. The fourth-order valence-corrected chi connectivity index (χ4v) is 2.95. The first kappa shape index (κ1) is 15.8. The molecule has 0 saturated heterocycles. The molecule has 0 atom stereocenters. The van der Waals surface area contributed by atoms with Crippen molar-refractivity contribution in [3.8, 4) is 0 Å². The zero-order valence-corrected chi connectivity index (χ0v) is 13.7. The van der Waals surface area contributed by atoms with E-state index in [9.17, 15) is 19.2 Å². The third-order valence-corrected chi connectivity index (χ3v) is 4.25. The van der Waals surface area contributed by atoms with Crippen molar-refractivity contribution >= 4 is 34.5 Å². The van der Waals surface area contributed by atoms with E-state index in [1.165, 1.54) is 29.8 Å². The van der Waals surface area contributed by atoms with Crippen LogP contribution in [0, 0.1) is 0 Å². The van der Waals surface area contributed by atoms with Crippen LogP contribution in [-0.4, -0.2) is 34.2 Å². The number of fused-ring (bicyclic) bond motifs is 2. The van der Waals surface area contributed by atoms with E-state index in [1.54, 1.807) is 24.3 Å². The van der Waals surface area contributed by atoms with Crippen molar-refractivity contribution < 1.29 is 18.8 Å². The predicted octanol–water partition coefficient (Wildman–Crippen LogP) is 1.46. The van der Waals surface area contributed by atoms with Crippen molar-refractivity contribution in [2.45, 2.75) is 6.54 Å². The molecule has 0 unspecified atom stereocenters. The maximum absolute atomic E-state index is 12.3. The second-order valence-electron chi connectivity index (χ2n) is 5.90. The summed E-state index contributed by atoms with van der Waals surface area (Å²) < 4.78 is 6.31. The molecule has 2 heterocycles. The van der Waals surface area contributed by atoms with Crippen molar-refractivity contribution in [3.63, 3.8) is 0 Å². The van der Waals surface area contributed by atoms with Crippen LogP contribution in [0.5, 0.6) is 0 Å². The molecule has 2 aromatic carbocycles. The zero-order valence-electron chi connectivity index (χ0n) is 13.7. The van der Waals surface area contributed by atoms with E-state index in [2.05, 4.69) is 5.32 Å². The van der Waals surface area contributed by atoms with E-state index in [0.717, 1.165) is 4.90 Å². The number of oxazole rings is 1. The van der Waals surface area contributed by atoms with Crippen molar-refractivity contribution in [3.05, 3.63) is 64.1 Å². The van der Waals surface area contributed by atoms with Gasteiger partial charge in [-0.05, 0) is 30.3 Å². The van der Waals surface area contributed by atoms with Crippen LogP contribution in [0.25, 0.3) is 11.1 Å². The summed E-state index contributed by atoms with van der Waals surface area (Å²) in [4.78, 5) is 49.2. The summed E-state index contributed by atoms with van der Waals surface area (Å²) in [5.41, 5.74) is 1.82. The highest BCUT2D eigenvalue weighted by Gasteiger charge is 2.32. The number of benzene rings is 2.